The molecule has 2 aromatic rings. The first-order valence-electron chi connectivity index (χ1n) is 11.8. The highest BCUT2D eigenvalue weighted by Gasteiger charge is 2.64. The van der Waals surface area contributed by atoms with E-state index in [0.29, 0.717) is 5.30 Å². The Kier molecular flexibility index (Phi) is 6.50. The third-order valence-electron chi connectivity index (χ3n) is 6.43. The van der Waals surface area contributed by atoms with E-state index in [4.69, 9.17) is 27.7 Å². The van der Waals surface area contributed by atoms with Gasteiger partial charge in [0.2, 0.25) is 0 Å². The second-order valence-electron chi connectivity index (χ2n) is 10.2. The maximum absolute atomic E-state index is 14.8. The zero-order valence-corrected chi connectivity index (χ0v) is 22.5. The second-order valence-corrected chi connectivity index (χ2v) is 14.2. The van der Waals surface area contributed by atoms with Gasteiger partial charge in [0.05, 0.1) is 11.5 Å². The maximum atomic E-state index is 14.8. The summed E-state index contributed by atoms with van der Waals surface area (Å²) >= 11 is 0. The molecule has 0 bridgehead atoms. The van der Waals surface area contributed by atoms with E-state index in [0.717, 1.165) is 5.56 Å². The van der Waals surface area contributed by atoms with Gasteiger partial charge in [-0.15, -0.1) is 0 Å². The van der Waals surface area contributed by atoms with Crippen molar-refractivity contribution in [3.8, 4) is 0 Å². The first-order valence-corrected chi connectivity index (χ1v) is 14.9. The lowest BCUT2D eigenvalue weighted by Gasteiger charge is -2.43. The van der Waals surface area contributed by atoms with Gasteiger partial charge in [-0.3, -0.25) is 4.57 Å². The Morgan fingerprint density at radius 1 is 0.861 bits per heavy atom. The molecule has 196 valence electrons. The van der Waals surface area contributed by atoms with Gasteiger partial charge in [-0.1, -0.05) is 35.9 Å². The Morgan fingerprint density at radius 2 is 1.50 bits per heavy atom. The van der Waals surface area contributed by atoms with Crippen LogP contribution in [0.25, 0.3) is 0 Å². The van der Waals surface area contributed by atoms with Gasteiger partial charge in [-0.2, -0.15) is 8.42 Å². The topological polar surface area (TPSA) is 107 Å². The van der Waals surface area contributed by atoms with Crippen LogP contribution in [-0.4, -0.2) is 56.9 Å². The minimum absolute atomic E-state index is 0.0566. The molecule has 3 fully saturated rings. The zero-order chi connectivity index (χ0) is 25.9. The Labute approximate surface area is 211 Å². The largest absolute Gasteiger partial charge is 0.348 e. The molecule has 0 radical (unpaired) electrons. The van der Waals surface area contributed by atoms with Crippen molar-refractivity contribution in [2.75, 3.05) is 6.61 Å². The molecule has 3 aliphatic rings. The third kappa shape index (κ3) is 4.81. The van der Waals surface area contributed by atoms with Crippen molar-refractivity contribution < 1.29 is 40.6 Å². The molecule has 6 atom stereocenters. The maximum Gasteiger partial charge on any atom is 0.297 e. The molecule has 11 heteroatoms. The van der Waals surface area contributed by atoms with Gasteiger partial charge < -0.3 is 23.5 Å². The Morgan fingerprint density at radius 3 is 2.11 bits per heavy atom. The molecule has 9 nitrogen and oxygen atoms in total. The van der Waals surface area contributed by atoms with Crippen LogP contribution in [0.5, 0.6) is 0 Å². The SMILES string of the molecule is Cc1ccc(S(=O)(=O)O[C@H]2[C@H]3OC(C)(C)O[C@H]3[C@@H]([C@H]3COC(C)(C)O3)OP2(=O)c2ccccc2)cc1. The van der Waals surface area contributed by atoms with E-state index < -0.39 is 59.3 Å². The lowest BCUT2D eigenvalue weighted by atomic mass is 10.0. The van der Waals surface area contributed by atoms with Gasteiger partial charge in [0.1, 0.15) is 24.4 Å². The van der Waals surface area contributed by atoms with Crippen LogP contribution in [0.1, 0.15) is 33.3 Å². The predicted octanol–water partition coefficient (Wildman–Crippen LogP) is 3.70. The number of aryl methyl sites for hydroxylation is 1. The molecule has 36 heavy (non-hydrogen) atoms. The van der Waals surface area contributed by atoms with E-state index in [-0.39, 0.29) is 11.5 Å². The van der Waals surface area contributed by atoms with E-state index in [9.17, 15) is 13.0 Å². The van der Waals surface area contributed by atoms with Gasteiger partial charge in [-0.25, -0.2) is 4.18 Å². The van der Waals surface area contributed by atoms with E-state index >= 15 is 0 Å². The zero-order valence-electron chi connectivity index (χ0n) is 20.8. The van der Waals surface area contributed by atoms with E-state index in [1.54, 1.807) is 70.2 Å². The van der Waals surface area contributed by atoms with Crippen molar-refractivity contribution in [3.05, 3.63) is 60.2 Å². The molecule has 0 N–H and O–H groups in total. The van der Waals surface area contributed by atoms with Crippen LogP contribution in [0.3, 0.4) is 0 Å². The lowest BCUT2D eigenvalue weighted by Crippen LogP contribution is -2.56. The lowest BCUT2D eigenvalue weighted by molar-refractivity contribution is -0.174. The number of benzene rings is 2. The van der Waals surface area contributed by atoms with Crippen LogP contribution >= 0.6 is 7.37 Å². The number of rotatable bonds is 5. The van der Waals surface area contributed by atoms with Gasteiger partial charge in [0.15, 0.2) is 17.4 Å². The highest BCUT2D eigenvalue weighted by molar-refractivity contribution is 7.87. The van der Waals surface area contributed by atoms with Crippen molar-refractivity contribution in [2.24, 2.45) is 0 Å². The first-order chi connectivity index (χ1) is 16.8. The fourth-order valence-corrected chi connectivity index (χ4v) is 8.89. The summed E-state index contributed by atoms with van der Waals surface area (Å²) in [5.41, 5.74) is 0.892. The Hall–Kier alpha value is -1.62. The standard InChI is InChI=1S/C25H31O9PS/c1-16-11-13-18(14-12-16)36(27,28)34-23-22-21(31-25(4,5)32-22)20(19-15-29-24(2,3)30-19)33-35(23,26)17-9-7-6-8-10-17/h6-14,19-23H,15H2,1-5H3/t19-,20-,21+,22+,23-,35?/m1/s1. The molecular weight excluding hydrogens is 507 g/mol. The number of hydrogen-bond donors (Lipinski definition) is 0. The van der Waals surface area contributed by atoms with Crippen LogP contribution in [0.2, 0.25) is 0 Å². The summed E-state index contributed by atoms with van der Waals surface area (Å²) in [5.74, 6) is -3.45. The highest BCUT2D eigenvalue weighted by atomic mass is 32.2. The summed E-state index contributed by atoms with van der Waals surface area (Å²) in [6, 6.07) is 14.7. The summed E-state index contributed by atoms with van der Waals surface area (Å²) in [5, 5.41) is 0.309. The third-order valence-corrected chi connectivity index (χ3v) is 10.5. The minimum atomic E-state index is -4.33. The molecule has 0 aliphatic carbocycles. The molecule has 2 aromatic carbocycles. The molecule has 0 amide bonds. The molecule has 0 aromatic heterocycles. The molecule has 5 rings (SSSR count). The van der Waals surface area contributed by atoms with Crippen molar-refractivity contribution in [2.45, 2.75) is 81.3 Å². The quantitative estimate of drug-likeness (QED) is 0.416. The number of fused-ring (bicyclic) bond motifs is 1. The smallest absolute Gasteiger partial charge is 0.297 e. The van der Waals surface area contributed by atoms with Gasteiger partial charge in [0, 0.05) is 5.30 Å². The highest BCUT2D eigenvalue weighted by Crippen LogP contribution is 2.62. The van der Waals surface area contributed by atoms with Gasteiger partial charge >= 0.3 is 0 Å². The summed E-state index contributed by atoms with van der Waals surface area (Å²) in [4.78, 5) is -0.0566. The molecule has 3 heterocycles. The molecule has 3 aliphatic heterocycles. The minimum Gasteiger partial charge on any atom is -0.348 e. The number of ether oxygens (including phenoxy) is 4. The second kappa shape index (κ2) is 8.99. The Balaban J connectivity index is 1.59. The normalized spacial score (nSPS) is 35.4. The predicted molar refractivity (Wildman–Crippen MR) is 131 cm³/mol. The van der Waals surface area contributed by atoms with Crippen LogP contribution in [0, 0.1) is 6.92 Å². The van der Waals surface area contributed by atoms with Crippen molar-refractivity contribution in [1.29, 1.82) is 0 Å². The molecule has 0 saturated carbocycles. The van der Waals surface area contributed by atoms with Crippen molar-refractivity contribution in [3.63, 3.8) is 0 Å². The van der Waals surface area contributed by atoms with E-state index in [1.807, 2.05) is 6.92 Å². The van der Waals surface area contributed by atoms with Crippen LogP contribution in [0.15, 0.2) is 59.5 Å². The summed E-state index contributed by atoms with van der Waals surface area (Å²) in [6.45, 7) is 9.00. The summed E-state index contributed by atoms with van der Waals surface area (Å²) < 4.78 is 77.7. The van der Waals surface area contributed by atoms with Crippen LogP contribution < -0.4 is 5.30 Å². The average Bonchev–Trinajstić information content (AvgIpc) is 3.34. The van der Waals surface area contributed by atoms with Gasteiger partial charge in [0.25, 0.3) is 17.5 Å². The van der Waals surface area contributed by atoms with E-state index in [2.05, 4.69) is 0 Å². The fourth-order valence-electron chi connectivity index (χ4n) is 4.79. The van der Waals surface area contributed by atoms with E-state index in [1.165, 1.54) is 12.1 Å². The van der Waals surface area contributed by atoms with Crippen LogP contribution in [0.4, 0.5) is 0 Å². The fraction of sp³-hybridized carbons (Fsp3) is 0.520. The summed E-state index contributed by atoms with van der Waals surface area (Å²) in [7, 11) is -8.35. The van der Waals surface area contributed by atoms with Crippen LogP contribution in [-0.2, 0) is 42.3 Å². The molecule has 0 spiro atoms. The van der Waals surface area contributed by atoms with Crippen molar-refractivity contribution in [1.82, 2.24) is 0 Å². The number of hydrogen-bond acceptors (Lipinski definition) is 9. The molecular formula is C25H31O9PS. The average molecular weight is 539 g/mol. The molecule has 3 saturated heterocycles. The van der Waals surface area contributed by atoms with Gasteiger partial charge in [-0.05, 0) is 58.9 Å². The first kappa shape index (κ1) is 26.0. The van der Waals surface area contributed by atoms with Crippen molar-refractivity contribution >= 4 is 22.8 Å². The molecule has 1 unspecified atom stereocenters. The Bertz CT molecular complexity index is 1260. The monoisotopic (exact) mass is 538 g/mol. The summed E-state index contributed by atoms with van der Waals surface area (Å²) in [6.07, 6.45) is -3.30.